The number of aromatic amines is 1. The van der Waals surface area contributed by atoms with Crippen LogP contribution in [0.3, 0.4) is 0 Å². The van der Waals surface area contributed by atoms with E-state index >= 15 is 0 Å². The predicted molar refractivity (Wildman–Crippen MR) is 84.5 cm³/mol. The Kier molecular flexibility index (Phi) is 4.77. The smallest absolute Gasteiger partial charge is 0.225 e. The molecule has 2 aromatic heterocycles. The van der Waals surface area contributed by atoms with Gasteiger partial charge < -0.3 is 5.32 Å². The molecule has 0 unspecified atom stereocenters. The van der Waals surface area contributed by atoms with Crippen molar-refractivity contribution in [3.63, 3.8) is 0 Å². The van der Waals surface area contributed by atoms with E-state index in [-0.39, 0.29) is 11.9 Å². The van der Waals surface area contributed by atoms with Crippen molar-refractivity contribution in [3.8, 4) is 0 Å². The largest absolute Gasteiger partial charge is 0.347 e. The highest BCUT2D eigenvalue weighted by Crippen LogP contribution is 2.25. The molecule has 0 saturated carbocycles. The fraction of sp³-hybridized carbons (Fsp3) is 0.533. The van der Waals surface area contributed by atoms with Gasteiger partial charge in [-0.1, -0.05) is 6.92 Å². The van der Waals surface area contributed by atoms with Crippen molar-refractivity contribution in [1.82, 2.24) is 20.5 Å². The lowest BCUT2D eigenvalue weighted by atomic mass is 10.1. The van der Waals surface area contributed by atoms with Gasteiger partial charge in [0.2, 0.25) is 5.91 Å². The molecule has 0 aliphatic heterocycles. The van der Waals surface area contributed by atoms with E-state index < -0.39 is 0 Å². The van der Waals surface area contributed by atoms with E-state index in [1.165, 1.54) is 4.88 Å². The molecule has 0 saturated heterocycles. The van der Waals surface area contributed by atoms with Gasteiger partial charge in [0.25, 0.3) is 0 Å². The number of rotatable bonds is 5. The van der Waals surface area contributed by atoms with Gasteiger partial charge >= 0.3 is 0 Å². The van der Waals surface area contributed by atoms with Crippen molar-refractivity contribution in [2.75, 3.05) is 0 Å². The molecule has 0 aliphatic rings. The monoisotopic (exact) mass is 306 g/mol. The highest BCUT2D eigenvalue weighted by Gasteiger charge is 2.19. The lowest BCUT2D eigenvalue weighted by molar-refractivity contribution is -0.121. The van der Waals surface area contributed by atoms with Gasteiger partial charge in [-0.2, -0.15) is 5.10 Å². The number of nitrogens with zero attached hydrogens (tertiary/aromatic N) is 2. The van der Waals surface area contributed by atoms with Crippen molar-refractivity contribution in [2.24, 2.45) is 0 Å². The van der Waals surface area contributed by atoms with Crippen LogP contribution in [0.2, 0.25) is 0 Å². The number of nitrogens with one attached hydrogen (secondary N) is 2. The Morgan fingerprint density at radius 1 is 1.29 bits per heavy atom. The van der Waals surface area contributed by atoms with Crippen LogP contribution in [-0.4, -0.2) is 21.1 Å². The summed E-state index contributed by atoms with van der Waals surface area (Å²) in [7, 11) is 0. The summed E-state index contributed by atoms with van der Waals surface area (Å²) in [6, 6.07) is -0.0117. The summed E-state index contributed by atoms with van der Waals surface area (Å²) in [6.07, 6.45) is 1.19. The summed E-state index contributed by atoms with van der Waals surface area (Å²) in [6.45, 7) is 9.97. The number of hydrogen-bond donors (Lipinski definition) is 2. The Morgan fingerprint density at radius 2 is 2.00 bits per heavy atom. The number of aromatic nitrogens is 3. The quantitative estimate of drug-likeness (QED) is 0.892. The average Bonchev–Trinajstić information content (AvgIpc) is 2.93. The van der Waals surface area contributed by atoms with Gasteiger partial charge in [0.15, 0.2) is 0 Å². The lowest BCUT2D eigenvalue weighted by Gasteiger charge is -2.14. The molecule has 0 aromatic carbocycles. The van der Waals surface area contributed by atoms with Gasteiger partial charge in [0.1, 0.15) is 5.01 Å². The molecule has 1 atom stereocenters. The molecular weight excluding hydrogens is 284 g/mol. The molecule has 0 fully saturated rings. The fourth-order valence-corrected chi connectivity index (χ4v) is 3.28. The van der Waals surface area contributed by atoms with Crippen LogP contribution in [0, 0.1) is 27.7 Å². The third-order valence-electron chi connectivity index (χ3n) is 3.70. The van der Waals surface area contributed by atoms with E-state index in [1.54, 1.807) is 11.3 Å². The van der Waals surface area contributed by atoms with Gasteiger partial charge in [0, 0.05) is 16.1 Å². The molecule has 6 heteroatoms. The van der Waals surface area contributed by atoms with Crippen molar-refractivity contribution >= 4 is 17.2 Å². The second kappa shape index (κ2) is 6.39. The van der Waals surface area contributed by atoms with Crippen LogP contribution in [0.15, 0.2) is 0 Å². The molecule has 0 bridgehead atoms. The summed E-state index contributed by atoms with van der Waals surface area (Å²) in [5, 5.41) is 11.1. The van der Waals surface area contributed by atoms with E-state index in [9.17, 15) is 4.79 Å². The molecule has 21 heavy (non-hydrogen) atoms. The molecule has 2 aromatic rings. The first-order valence-electron chi connectivity index (χ1n) is 7.16. The second-order valence-electron chi connectivity index (χ2n) is 5.31. The van der Waals surface area contributed by atoms with Crippen LogP contribution in [0.4, 0.5) is 0 Å². The summed E-state index contributed by atoms with van der Waals surface area (Å²) in [5.41, 5.74) is 3.87. The number of carbonyl (C=O) groups excluding carboxylic acids is 1. The van der Waals surface area contributed by atoms with E-state index in [1.807, 2.05) is 20.8 Å². The maximum atomic E-state index is 12.3. The van der Waals surface area contributed by atoms with Gasteiger partial charge in [-0.15, -0.1) is 11.3 Å². The number of thiazole rings is 1. The van der Waals surface area contributed by atoms with Crippen LogP contribution < -0.4 is 5.32 Å². The third kappa shape index (κ3) is 3.50. The second-order valence-corrected chi connectivity index (χ2v) is 6.55. The minimum atomic E-state index is -0.0117. The normalized spacial score (nSPS) is 12.4. The van der Waals surface area contributed by atoms with Crippen molar-refractivity contribution in [3.05, 3.63) is 32.5 Å². The molecule has 0 radical (unpaired) electrons. The van der Waals surface area contributed by atoms with Crippen molar-refractivity contribution in [2.45, 2.75) is 53.5 Å². The van der Waals surface area contributed by atoms with Gasteiger partial charge in [-0.05, 0) is 34.1 Å². The number of hydrogen-bond acceptors (Lipinski definition) is 4. The fourth-order valence-electron chi connectivity index (χ4n) is 2.23. The van der Waals surface area contributed by atoms with Crippen molar-refractivity contribution in [1.29, 1.82) is 0 Å². The number of amides is 1. The topological polar surface area (TPSA) is 70.7 Å². The number of aryl methyl sites for hydroxylation is 4. The molecule has 2 N–H and O–H groups in total. The molecular formula is C15H22N4OS. The Labute approximate surface area is 129 Å². The highest BCUT2D eigenvalue weighted by atomic mass is 32.1. The minimum Gasteiger partial charge on any atom is -0.347 e. The molecule has 2 rings (SSSR count). The molecule has 5 nitrogen and oxygen atoms in total. The Bertz CT molecular complexity index is 605. The Balaban J connectivity index is 2.06. The first-order valence-corrected chi connectivity index (χ1v) is 7.97. The van der Waals surface area contributed by atoms with Gasteiger partial charge in [-0.3, -0.25) is 9.89 Å². The van der Waals surface area contributed by atoms with Crippen LogP contribution in [0.1, 0.15) is 51.9 Å². The van der Waals surface area contributed by atoms with Crippen LogP contribution in [0.25, 0.3) is 0 Å². The SMILES string of the molecule is CC[C@H](NC(=O)Cc1c(C)n[nH]c1C)c1nc(C)c(C)s1. The molecule has 0 aliphatic carbocycles. The first kappa shape index (κ1) is 15.7. The van der Waals surface area contributed by atoms with Gasteiger partial charge in [-0.25, -0.2) is 4.98 Å². The lowest BCUT2D eigenvalue weighted by Crippen LogP contribution is -2.29. The maximum Gasteiger partial charge on any atom is 0.225 e. The number of H-pyrrole nitrogens is 1. The van der Waals surface area contributed by atoms with Crippen molar-refractivity contribution < 1.29 is 4.79 Å². The number of carbonyl (C=O) groups is 1. The summed E-state index contributed by atoms with van der Waals surface area (Å²) in [4.78, 5) is 18.0. The highest BCUT2D eigenvalue weighted by molar-refractivity contribution is 7.11. The van der Waals surface area contributed by atoms with Crippen LogP contribution in [0.5, 0.6) is 0 Å². The predicted octanol–water partition coefficient (Wildman–Crippen LogP) is 2.91. The standard InChI is InChI=1S/C15H22N4OS/c1-6-13(15-16-8(2)11(5)21-15)17-14(20)7-12-9(3)18-19-10(12)4/h13H,6-7H2,1-5H3,(H,17,20)(H,18,19)/t13-/m0/s1. The van der Waals surface area contributed by atoms with Crippen LogP contribution in [-0.2, 0) is 11.2 Å². The maximum absolute atomic E-state index is 12.3. The van der Waals surface area contributed by atoms with Crippen LogP contribution >= 0.6 is 11.3 Å². The summed E-state index contributed by atoms with van der Waals surface area (Å²) < 4.78 is 0. The summed E-state index contributed by atoms with van der Waals surface area (Å²) >= 11 is 1.66. The molecule has 2 heterocycles. The Morgan fingerprint density at radius 3 is 2.48 bits per heavy atom. The zero-order valence-electron chi connectivity index (χ0n) is 13.2. The van der Waals surface area contributed by atoms with E-state index in [2.05, 4.69) is 34.3 Å². The third-order valence-corrected chi connectivity index (χ3v) is 4.89. The zero-order valence-corrected chi connectivity index (χ0v) is 14.0. The Hall–Kier alpha value is -1.69. The summed E-state index contributed by atoms with van der Waals surface area (Å²) in [5.74, 6) is 0.0138. The molecule has 1 amide bonds. The molecule has 0 spiro atoms. The van der Waals surface area contributed by atoms with Gasteiger partial charge in [0.05, 0.1) is 23.9 Å². The van der Waals surface area contributed by atoms with E-state index in [0.717, 1.165) is 34.1 Å². The van der Waals surface area contributed by atoms with E-state index in [0.29, 0.717) is 6.42 Å². The zero-order chi connectivity index (χ0) is 15.6. The first-order chi connectivity index (χ1) is 9.92. The van der Waals surface area contributed by atoms with E-state index in [4.69, 9.17) is 0 Å². The average molecular weight is 306 g/mol. The minimum absolute atomic E-state index is 0.0117. The molecule has 114 valence electrons.